The molecular weight excluding hydrogens is 208 g/mol. The molecule has 0 aliphatic rings. The van der Waals surface area contributed by atoms with E-state index >= 15 is 0 Å². The summed E-state index contributed by atoms with van der Waals surface area (Å²) in [6, 6.07) is 3.54. The lowest BCUT2D eigenvalue weighted by molar-refractivity contribution is 0.353. The Kier molecular flexibility index (Phi) is 4.42. The molecule has 0 amide bonds. The van der Waals surface area contributed by atoms with Gasteiger partial charge in [-0.05, 0) is 38.5 Å². The van der Waals surface area contributed by atoms with Gasteiger partial charge in [-0.3, -0.25) is 0 Å². The lowest BCUT2D eigenvalue weighted by atomic mass is 9.98. The van der Waals surface area contributed by atoms with Crippen molar-refractivity contribution in [1.29, 1.82) is 0 Å². The maximum Gasteiger partial charge on any atom is 0.127 e. The van der Waals surface area contributed by atoms with Gasteiger partial charge in [-0.25, -0.2) is 8.78 Å². The third kappa shape index (κ3) is 3.89. The average molecular weight is 227 g/mol. The molecule has 0 atom stereocenters. The van der Waals surface area contributed by atoms with Gasteiger partial charge in [-0.2, -0.15) is 0 Å². The van der Waals surface area contributed by atoms with Gasteiger partial charge in [0, 0.05) is 17.6 Å². The first-order valence-electron chi connectivity index (χ1n) is 5.63. The summed E-state index contributed by atoms with van der Waals surface area (Å²) < 4.78 is 26.2. The first-order chi connectivity index (χ1) is 7.44. The molecule has 3 heteroatoms. The highest BCUT2D eigenvalue weighted by molar-refractivity contribution is 5.18. The number of halogens is 2. The molecule has 0 saturated carbocycles. The minimum atomic E-state index is -0.397. The van der Waals surface area contributed by atoms with Crippen molar-refractivity contribution in [3.63, 3.8) is 0 Å². The predicted molar refractivity (Wildman–Crippen MR) is 62.2 cm³/mol. The zero-order valence-corrected chi connectivity index (χ0v) is 10.1. The van der Waals surface area contributed by atoms with Gasteiger partial charge in [0.15, 0.2) is 0 Å². The van der Waals surface area contributed by atoms with E-state index in [1.54, 1.807) is 0 Å². The Bertz CT molecular complexity index is 348. The van der Waals surface area contributed by atoms with Crippen LogP contribution in [0.1, 0.15) is 39.2 Å². The van der Waals surface area contributed by atoms with E-state index in [1.807, 2.05) is 0 Å². The molecule has 90 valence electrons. The highest BCUT2D eigenvalue weighted by atomic mass is 19.1. The number of rotatable bonds is 5. The number of hydrogen-bond donors (Lipinski definition) is 1. The number of hydrogen-bond acceptors (Lipinski definition) is 1. The summed E-state index contributed by atoms with van der Waals surface area (Å²) in [5.41, 5.74) is 0.331. The highest BCUT2D eigenvalue weighted by Gasteiger charge is 2.16. The minimum Gasteiger partial charge on any atom is -0.308 e. The van der Waals surface area contributed by atoms with Crippen LogP contribution in [0, 0.1) is 11.6 Å². The molecule has 0 aliphatic carbocycles. The van der Waals surface area contributed by atoms with Gasteiger partial charge in [0.25, 0.3) is 0 Å². The largest absolute Gasteiger partial charge is 0.308 e. The van der Waals surface area contributed by atoms with Crippen molar-refractivity contribution in [2.24, 2.45) is 0 Å². The second-order valence-corrected chi connectivity index (χ2v) is 4.72. The van der Waals surface area contributed by atoms with Crippen LogP contribution in [0.3, 0.4) is 0 Å². The van der Waals surface area contributed by atoms with Crippen LogP contribution in [-0.4, -0.2) is 5.54 Å². The van der Waals surface area contributed by atoms with Crippen molar-refractivity contribution in [1.82, 2.24) is 5.32 Å². The fraction of sp³-hybridized carbons (Fsp3) is 0.538. The summed E-state index contributed by atoms with van der Waals surface area (Å²) in [4.78, 5) is 0. The molecule has 1 N–H and O–H groups in total. The zero-order valence-electron chi connectivity index (χ0n) is 10.1. The first kappa shape index (κ1) is 13.1. The van der Waals surface area contributed by atoms with E-state index in [1.165, 1.54) is 12.1 Å². The summed E-state index contributed by atoms with van der Waals surface area (Å²) in [5.74, 6) is -0.757. The van der Waals surface area contributed by atoms with E-state index in [-0.39, 0.29) is 11.4 Å². The van der Waals surface area contributed by atoms with Gasteiger partial charge < -0.3 is 5.32 Å². The van der Waals surface area contributed by atoms with Crippen LogP contribution >= 0.6 is 0 Å². The summed E-state index contributed by atoms with van der Waals surface area (Å²) in [6.45, 7) is 6.59. The summed E-state index contributed by atoms with van der Waals surface area (Å²) in [7, 11) is 0. The Labute approximate surface area is 95.9 Å². The lowest BCUT2D eigenvalue weighted by Gasteiger charge is -2.26. The second-order valence-electron chi connectivity index (χ2n) is 4.72. The molecule has 1 nitrogen and oxygen atoms in total. The molecule has 0 radical (unpaired) electrons. The Hall–Kier alpha value is -0.960. The van der Waals surface area contributed by atoms with Crippen LogP contribution in [0.2, 0.25) is 0 Å². The molecule has 0 saturated heterocycles. The van der Waals surface area contributed by atoms with E-state index in [4.69, 9.17) is 0 Å². The summed E-state index contributed by atoms with van der Waals surface area (Å²) in [6.07, 6.45) is 2.07. The highest BCUT2D eigenvalue weighted by Crippen LogP contribution is 2.14. The fourth-order valence-corrected chi connectivity index (χ4v) is 1.73. The van der Waals surface area contributed by atoms with Crippen LogP contribution in [0.5, 0.6) is 0 Å². The molecule has 1 rings (SSSR count). The Morgan fingerprint density at radius 2 is 1.94 bits per heavy atom. The molecule has 0 aliphatic heterocycles. The van der Waals surface area contributed by atoms with Gasteiger partial charge in [0.1, 0.15) is 11.6 Å². The monoisotopic (exact) mass is 227 g/mol. The van der Waals surface area contributed by atoms with E-state index in [9.17, 15) is 8.78 Å². The molecule has 16 heavy (non-hydrogen) atoms. The van der Waals surface area contributed by atoms with Gasteiger partial charge >= 0.3 is 0 Å². The topological polar surface area (TPSA) is 12.0 Å². The molecule has 0 fully saturated rings. The van der Waals surface area contributed by atoms with E-state index in [0.29, 0.717) is 12.1 Å². The number of nitrogens with one attached hydrogen (secondary N) is 1. The summed E-state index contributed by atoms with van der Waals surface area (Å²) >= 11 is 0. The lowest BCUT2D eigenvalue weighted by Crippen LogP contribution is -2.38. The smallest absolute Gasteiger partial charge is 0.127 e. The Balaban J connectivity index is 2.63. The predicted octanol–water partition coefficient (Wildman–Crippen LogP) is 3.63. The Morgan fingerprint density at radius 1 is 1.25 bits per heavy atom. The van der Waals surface area contributed by atoms with Crippen LogP contribution in [0.15, 0.2) is 18.2 Å². The minimum absolute atomic E-state index is 0.0481. The van der Waals surface area contributed by atoms with Gasteiger partial charge in [0.05, 0.1) is 0 Å². The van der Waals surface area contributed by atoms with E-state index < -0.39 is 5.82 Å². The third-order valence-electron chi connectivity index (χ3n) is 2.64. The second kappa shape index (κ2) is 5.39. The molecule has 0 heterocycles. The molecule has 0 bridgehead atoms. The SMILES string of the molecule is CCCC(C)(C)NCc1cc(F)ccc1F. The zero-order chi connectivity index (χ0) is 12.2. The van der Waals surface area contributed by atoms with E-state index in [2.05, 4.69) is 26.1 Å². The van der Waals surface area contributed by atoms with Crippen LogP contribution < -0.4 is 5.32 Å². The van der Waals surface area contributed by atoms with E-state index in [0.717, 1.165) is 18.9 Å². The van der Waals surface area contributed by atoms with Crippen LogP contribution in [-0.2, 0) is 6.54 Å². The van der Waals surface area contributed by atoms with Gasteiger partial charge in [-0.15, -0.1) is 0 Å². The van der Waals surface area contributed by atoms with Crippen molar-refractivity contribution < 1.29 is 8.78 Å². The van der Waals surface area contributed by atoms with Crippen LogP contribution in [0.4, 0.5) is 8.78 Å². The molecule has 0 unspecified atom stereocenters. The standard InChI is InChI=1S/C13H19F2N/c1-4-7-13(2,3)16-9-10-8-11(14)5-6-12(10)15/h5-6,8,16H,4,7,9H2,1-3H3. The van der Waals surface area contributed by atoms with Gasteiger partial charge in [0.2, 0.25) is 0 Å². The van der Waals surface area contributed by atoms with Crippen molar-refractivity contribution >= 4 is 0 Å². The third-order valence-corrected chi connectivity index (χ3v) is 2.64. The Morgan fingerprint density at radius 3 is 2.56 bits per heavy atom. The summed E-state index contributed by atoms with van der Waals surface area (Å²) in [5, 5.41) is 3.24. The maximum atomic E-state index is 13.3. The van der Waals surface area contributed by atoms with Crippen molar-refractivity contribution in [2.45, 2.75) is 45.7 Å². The van der Waals surface area contributed by atoms with Crippen molar-refractivity contribution in [3.05, 3.63) is 35.4 Å². The van der Waals surface area contributed by atoms with Crippen LogP contribution in [0.25, 0.3) is 0 Å². The van der Waals surface area contributed by atoms with Crippen molar-refractivity contribution in [2.75, 3.05) is 0 Å². The van der Waals surface area contributed by atoms with Gasteiger partial charge in [-0.1, -0.05) is 13.3 Å². The molecule has 0 spiro atoms. The molecular formula is C13H19F2N. The molecule has 0 aromatic heterocycles. The average Bonchev–Trinajstić information content (AvgIpc) is 2.19. The molecule has 1 aromatic carbocycles. The maximum absolute atomic E-state index is 13.3. The molecule has 1 aromatic rings. The number of benzene rings is 1. The normalized spacial score (nSPS) is 11.8. The quantitative estimate of drug-likeness (QED) is 0.810. The fourth-order valence-electron chi connectivity index (χ4n) is 1.73. The first-order valence-corrected chi connectivity index (χ1v) is 5.63. The van der Waals surface area contributed by atoms with Crippen molar-refractivity contribution in [3.8, 4) is 0 Å².